The summed E-state index contributed by atoms with van der Waals surface area (Å²) in [5.74, 6) is -3.46. The predicted molar refractivity (Wildman–Crippen MR) is 115 cm³/mol. The second-order valence-corrected chi connectivity index (χ2v) is 9.45. The van der Waals surface area contributed by atoms with E-state index < -0.39 is 56.1 Å². The summed E-state index contributed by atoms with van der Waals surface area (Å²) in [6.07, 6.45) is -3.80. The summed E-state index contributed by atoms with van der Waals surface area (Å²) >= 11 is 0. The maximum Gasteiger partial charge on any atom is 0.435 e. The van der Waals surface area contributed by atoms with Crippen molar-refractivity contribution in [2.45, 2.75) is 24.9 Å². The molecule has 0 aliphatic heterocycles. The van der Waals surface area contributed by atoms with E-state index in [2.05, 4.69) is 20.5 Å². The molecule has 1 atom stereocenters. The summed E-state index contributed by atoms with van der Waals surface area (Å²) in [6.45, 7) is 2.26. The zero-order chi connectivity index (χ0) is 26.1. The highest BCUT2D eigenvalue weighted by atomic mass is 32.2. The van der Waals surface area contributed by atoms with Gasteiger partial charge in [-0.15, -0.1) is 10.2 Å². The van der Waals surface area contributed by atoms with E-state index in [4.69, 9.17) is 14.8 Å². The fourth-order valence-corrected chi connectivity index (χ4v) is 3.71. The molecule has 9 nitrogen and oxygen atoms in total. The highest BCUT2D eigenvalue weighted by molar-refractivity contribution is 7.91. The summed E-state index contributed by atoms with van der Waals surface area (Å²) in [4.78, 5) is 16.9. The maximum atomic E-state index is 14.5. The van der Waals surface area contributed by atoms with Crippen LogP contribution in [0.5, 0.6) is 11.6 Å². The van der Waals surface area contributed by atoms with Gasteiger partial charge in [-0.05, 0) is 37.6 Å². The van der Waals surface area contributed by atoms with Crippen LogP contribution in [0.15, 0.2) is 35.2 Å². The number of aryl methyl sites for hydroxylation is 1. The number of rotatable bonds is 5. The second-order valence-electron chi connectivity index (χ2n) is 7.29. The molecule has 0 aliphatic carbocycles. The molecule has 0 fully saturated rings. The summed E-state index contributed by atoms with van der Waals surface area (Å²) in [5, 5.41) is 17.7. The number of alkyl halides is 3. The van der Waals surface area contributed by atoms with Gasteiger partial charge in [-0.1, -0.05) is 6.07 Å². The van der Waals surface area contributed by atoms with Gasteiger partial charge in [-0.25, -0.2) is 18.4 Å². The molecule has 3 aromatic rings. The van der Waals surface area contributed by atoms with Crippen molar-refractivity contribution in [2.75, 3.05) is 11.6 Å². The number of nitriles is 1. The molecule has 3 rings (SSSR count). The van der Waals surface area contributed by atoms with Crippen molar-refractivity contribution in [3.8, 4) is 17.7 Å². The Labute approximate surface area is 196 Å². The molecule has 14 heteroatoms. The molecule has 1 aromatic carbocycles. The molecule has 0 bridgehead atoms. The van der Waals surface area contributed by atoms with E-state index in [-0.39, 0.29) is 22.0 Å². The van der Waals surface area contributed by atoms with Gasteiger partial charge >= 0.3 is 6.18 Å². The van der Waals surface area contributed by atoms with E-state index in [0.29, 0.717) is 0 Å². The summed E-state index contributed by atoms with van der Waals surface area (Å²) in [5.41, 5.74) is -3.14. The van der Waals surface area contributed by atoms with Crippen LogP contribution in [0.25, 0.3) is 0 Å². The molecule has 1 amide bonds. The number of aromatic nitrogens is 3. The molecule has 0 saturated carbocycles. The van der Waals surface area contributed by atoms with Crippen LogP contribution >= 0.6 is 0 Å². The van der Waals surface area contributed by atoms with Crippen LogP contribution in [0.2, 0.25) is 0 Å². The molecular formula is C21H16F4N6O3S. The fraction of sp³-hybridized carbons (Fsp3) is 0.190. The number of benzene rings is 1. The molecule has 2 N–H and O–H groups in total. The van der Waals surface area contributed by atoms with Gasteiger partial charge in [-0.2, -0.15) is 18.4 Å². The monoisotopic (exact) mass is 508 g/mol. The van der Waals surface area contributed by atoms with Crippen LogP contribution < -0.4 is 10.1 Å². The molecular weight excluding hydrogens is 492 g/mol. The average Bonchev–Trinajstić information content (AvgIpc) is 2.74. The number of anilines is 1. The first-order valence-electron chi connectivity index (χ1n) is 9.57. The van der Waals surface area contributed by atoms with Crippen molar-refractivity contribution < 1.29 is 31.3 Å². The zero-order valence-corrected chi connectivity index (χ0v) is 19.1. The molecule has 0 spiro atoms. The van der Waals surface area contributed by atoms with Crippen molar-refractivity contribution in [2.24, 2.45) is 0 Å². The number of hydrogen-bond donors (Lipinski definition) is 2. The molecule has 0 saturated heterocycles. The lowest BCUT2D eigenvalue weighted by Crippen LogP contribution is -2.21. The van der Waals surface area contributed by atoms with Crippen molar-refractivity contribution in [1.29, 1.82) is 10.0 Å². The molecule has 0 radical (unpaired) electrons. The van der Waals surface area contributed by atoms with Crippen LogP contribution in [0, 0.1) is 35.8 Å². The van der Waals surface area contributed by atoms with Gasteiger partial charge < -0.3 is 10.1 Å². The van der Waals surface area contributed by atoms with Crippen molar-refractivity contribution in [1.82, 2.24) is 15.2 Å². The van der Waals surface area contributed by atoms with Crippen molar-refractivity contribution >= 4 is 21.3 Å². The Kier molecular flexibility index (Phi) is 6.75. The van der Waals surface area contributed by atoms with Crippen LogP contribution in [0.1, 0.15) is 33.0 Å². The largest absolute Gasteiger partial charge is 0.435 e. The number of carbonyl (C=O) groups excluding carboxylic acids is 1. The first-order valence-corrected chi connectivity index (χ1v) is 11.5. The van der Waals surface area contributed by atoms with Crippen LogP contribution in [-0.4, -0.2) is 31.6 Å². The van der Waals surface area contributed by atoms with Gasteiger partial charge in [-0.3, -0.25) is 4.79 Å². The maximum absolute atomic E-state index is 14.5. The third kappa shape index (κ3) is 5.52. The highest BCUT2D eigenvalue weighted by Crippen LogP contribution is 2.36. The van der Waals surface area contributed by atoms with Crippen LogP contribution in [0.3, 0.4) is 0 Å². The quantitative estimate of drug-likeness (QED) is 0.480. The molecule has 0 aliphatic rings. The number of halogens is 4. The molecule has 2 aromatic heterocycles. The average molecular weight is 508 g/mol. The fourth-order valence-electron chi connectivity index (χ4n) is 3.02. The van der Waals surface area contributed by atoms with E-state index in [1.165, 1.54) is 31.2 Å². The summed E-state index contributed by atoms with van der Waals surface area (Å²) in [6, 6.07) is 7.80. The number of nitrogens with zero attached hydrogens (tertiary/aromatic N) is 4. The van der Waals surface area contributed by atoms with Gasteiger partial charge in [0.25, 0.3) is 11.8 Å². The zero-order valence-electron chi connectivity index (χ0n) is 18.3. The Hall–Kier alpha value is -4.12. The van der Waals surface area contributed by atoms with Gasteiger partial charge in [0.05, 0.1) is 15.4 Å². The molecule has 2 heterocycles. The van der Waals surface area contributed by atoms with Gasteiger partial charge in [0.15, 0.2) is 17.3 Å². The Morgan fingerprint density at radius 1 is 1.23 bits per heavy atom. The van der Waals surface area contributed by atoms with Gasteiger partial charge in [0.2, 0.25) is 0 Å². The van der Waals surface area contributed by atoms with Crippen molar-refractivity contribution in [3.05, 3.63) is 64.4 Å². The van der Waals surface area contributed by atoms with Gasteiger partial charge in [0, 0.05) is 22.9 Å². The summed E-state index contributed by atoms with van der Waals surface area (Å²) in [7, 11) is -3.14. The van der Waals surface area contributed by atoms with Crippen LogP contribution in [0.4, 0.5) is 23.2 Å². The summed E-state index contributed by atoms with van der Waals surface area (Å²) < 4.78 is 79.8. The minimum atomic E-state index is -4.96. The molecule has 182 valence electrons. The number of carbonyl (C=O) groups is 1. The number of amides is 1. The van der Waals surface area contributed by atoms with Crippen LogP contribution in [-0.2, 0) is 15.9 Å². The van der Waals surface area contributed by atoms with E-state index in [1.807, 2.05) is 0 Å². The Morgan fingerprint density at radius 3 is 2.49 bits per heavy atom. The lowest BCUT2D eigenvalue weighted by Gasteiger charge is -2.17. The first-order chi connectivity index (χ1) is 16.2. The lowest BCUT2D eigenvalue weighted by molar-refractivity contribution is -0.142. The number of hydrogen-bond acceptors (Lipinski definition) is 8. The second kappa shape index (κ2) is 9.26. The van der Waals surface area contributed by atoms with E-state index in [0.717, 1.165) is 19.2 Å². The molecule has 35 heavy (non-hydrogen) atoms. The van der Waals surface area contributed by atoms with Crippen molar-refractivity contribution in [3.63, 3.8) is 0 Å². The Morgan fingerprint density at radius 2 is 1.91 bits per heavy atom. The number of nitrogens with one attached hydrogen (secondary N) is 2. The SMILES string of the molecule is Cc1nc(C#N)cc(F)c1Oc1nnc(C(F)(F)F)c(C)c1C(=O)Nc1cccc(S(C)(=N)=O)c1. The Balaban J connectivity index is 2.12. The van der Waals surface area contributed by atoms with E-state index in [1.54, 1.807) is 6.07 Å². The highest BCUT2D eigenvalue weighted by Gasteiger charge is 2.38. The first kappa shape index (κ1) is 25.5. The smallest absolute Gasteiger partial charge is 0.432 e. The Bertz CT molecular complexity index is 1460. The third-order valence-electron chi connectivity index (χ3n) is 4.63. The van der Waals surface area contributed by atoms with E-state index >= 15 is 0 Å². The number of pyridine rings is 1. The minimum Gasteiger partial charge on any atom is -0.432 e. The predicted octanol–water partition coefficient (Wildman–Crippen LogP) is 4.60. The van der Waals surface area contributed by atoms with E-state index in [9.17, 15) is 26.6 Å². The lowest BCUT2D eigenvalue weighted by atomic mass is 10.1. The van der Waals surface area contributed by atoms with Gasteiger partial charge in [0.1, 0.15) is 17.3 Å². The third-order valence-corrected chi connectivity index (χ3v) is 5.79. The standard InChI is InChI=1S/C21H16F4N6O3S/c1-10-16(19(32)29-12-5-4-6-14(7-12)35(3,27)33)20(31-30-18(10)21(23,24)25)34-17-11(2)28-13(9-26)8-15(17)22/h4-8,27H,1-3H3,(H,29,32). The minimum absolute atomic E-state index is 0.0347. The number of ether oxygens (including phenoxy) is 1. The normalized spacial score (nSPS) is 13.0. The molecule has 1 unspecified atom stereocenters. The topological polar surface area (TPSA) is 142 Å².